The lowest BCUT2D eigenvalue weighted by Crippen LogP contribution is -2.27. The average Bonchev–Trinajstić information content (AvgIpc) is 3.06. The molecule has 0 saturated carbocycles. The van der Waals surface area contributed by atoms with Crippen molar-refractivity contribution in [3.05, 3.63) is 109 Å². The number of nitrogens with zero attached hydrogens (tertiary/aromatic N) is 2. The summed E-state index contributed by atoms with van der Waals surface area (Å²) < 4.78 is 6.85. The molecule has 33 heavy (non-hydrogen) atoms. The number of nitro groups is 1. The van der Waals surface area contributed by atoms with Crippen LogP contribution < -0.4 is 4.74 Å². The van der Waals surface area contributed by atoms with Gasteiger partial charge in [-0.2, -0.15) is 0 Å². The molecule has 3 aromatic rings. The molecule has 0 aromatic heterocycles. The number of carbonyl (C=O) groups excluding carboxylic acids is 2. The molecule has 166 valence electrons. The number of nitro benzene ring substituents is 1. The number of non-ortho nitro benzene ring substituents is 1. The quantitative estimate of drug-likeness (QED) is 0.208. The van der Waals surface area contributed by atoms with E-state index in [1.165, 1.54) is 24.3 Å². The van der Waals surface area contributed by atoms with Crippen molar-refractivity contribution in [1.29, 1.82) is 0 Å². The highest BCUT2D eigenvalue weighted by Gasteiger charge is 2.35. The number of benzene rings is 3. The first-order chi connectivity index (χ1) is 15.9. The predicted octanol–water partition coefficient (Wildman–Crippen LogP) is 6.17. The SMILES string of the molecule is O=C1S/C(=C\c2cccc(OCc3ccc(Br)cc3)c2)C(=O)N1Cc1ccc([N+](=O)[O-])cc1. The van der Waals surface area contributed by atoms with E-state index in [0.717, 1.165) is 32.3 Å². The fourth-order valence-electron chi connectivity index (χ4n) is 3.13. The lowest BCUT2D eigenvalue weighted by atomic mass is 10.2. The van der Waals surface area contributed by atoms with Gasteiger partial charge in [0.25, 0.3) is 16.8 Å². The molecule has 9 heteroatoms. The van der Waals surface area contributed by atoms with Gasteiger partial charge in [-0.25, -0.2) is 0 Å². The second-order valence-electron chi connectivity index (χ2n) is 7.18. The summed E-state index contributed by atoms with van der Waals surface area (Å²) in [5.41, 5.74) is 2.35. The summed E-state index contributed by atoms with van der Waals surface area (Å²) in [4.78, 5) is 36.9. The first-order valence-corrected chi connectivity index (χ1v) is 11.5. The third-order valence-corrected chi connectivity index (χ3v) is 6.27. The standard InChI is InChI=1S/C24H17BrN2O5S/c25-19-8-4-17(5-9-19)15-32-21-3-1-2-18(12-21)13-22-23(28)26(24(29)33-22)14-16-6-10-20(11-7-16)27(30)31/h1-13H,14-15H2/b22-13-. The van der Waals surface area contributed by atoms with Crippen LogP contribution in [0.3, 0.4) is 0 Å². The summed E-state index contributed by atoms with van der Waals surface area (Å²) >= 11 is 4.27. The van der Waals surface area contributed by atoms with Gasteiger partial charge >= 0.3 is 0 Å². The number of hydrogen-bond donors (Lipinski definition) is 0. The Hall–Kier alpha value is -3.43. The summed E-state index contributed by atoms with van der Waals surface area (Å²) in [6, 6.07) is 20.9. The van der Waals surface area contributed by atoms with E-state index >= 15 is 0 Å². The van der Waals surface area contributed by atoms with E-state index in [-0.39, 0.29) is 17.5 Å². The van der Waals surface area contributed by atoms with Crippen LogP contribution in [0.5, 0.6) is 5.75 Å². The summed E-state index contributed by atoms with van der Waals surface area (Å²) in [5, 5.41) is 10.4. The van der Waals surface area contributed by atoms with Crippen LogP contribution in [0.15, 0.2) is 82.2 Å². The van der Waals surface area contributed by atoms with Crippen molar-refractivity contribution < 1.29 is 19.2 Å². The molecule has 0 radical (unpaired) electrons. The van der Waals surface area contributed by atoms with Gasteiger partial charge in [0.15, 0.2) is 0 Å². The number of halogens is 1. The number of ether oxygens (including phenoxy) is 1. The number of amides is 2. The Morgan fingerprint density at radius 3 is 2.39 bits per heavy atom. The molecule has 0 N–H and O–H groups in total. The number of carbonyl (C=O) groups is 2. The summed E-state index contributed by atoms with van der Waals surface area (Å²) in [7, 11) is 0. The lowest BCUT2D eigenvalue weighted by molar-refractivity contribution is -0.384. The third kappa shape index (κ3) is 5.68. The van der Waals surface area contributed by atoms with E-state index in [9.17, 15) is 19.7 Å². The molecule has 0 bridgehead atoms. The van der Waals surface area contributed by atoms with Crippen molar-refractivity contribution in [3.8, 4) is 5.75 Å². The van der Waals surface area contributed by atoms with Crippen molar-refractivity contribution in [3.63, 3.8) is 0 Å². The molecule has 2 amide bonds. The highest BCUT2D eigenvalue weighted by molar-refractivity contribution is 9.10. The first-order valence-electron chi connectivity index (χ1n) is 9.85. The lowest BCUT2D eigenvalue weighted by Gasteiger charge is -2.12. The summed E-state index contributed by atoms with van der Waals surface area (Å²) in [6.45, 7) is 0.457. The Morgan fingerprint density at radius 1 is 1.00 bits per heavy atom. The van der Waals surface area contributed by atoms with Gasteiger partial charge in [0.05, 0.1) is 16.4 Å². The summed E-state index contributed by atoms with van der Waals surface area (Å²) in [6.07, 6.45) is 1.66. The van der Waals surface area contributed by atoms with Crippen molar-refractivity contribution in [2.24, 2.45) is 0 Å². The van der Waals surface area contributed by atoms with Crippen LogP contribution in [0.25, 0.3) is 6.08 Å². The maximum atomic E-state index is 12.8. The van der Waals surface area contributed by atoms with E-state index < -0.39 is 10.8 Å². The second kappa shape index (κ2) is 10.0. The second-order valence-corrected chi connectivity index (χ2v) is 9.09. The zero-order valence-corrected chi connectivity index (χ0v) is 19.5. The average molecular weight is 525 g/mol. The largest absolute Gasteiger partial charge is 0.489 e. The van der Waals surface area contributed by atoms with Crippen molar-refractivity contribution >= 4 is 50.6 Å². The van der Waals surface area contributed by atoms with Crippen LogP contribution in [0, 0.1) is 10.1 Å². The highest BCUT2D eigenvalue weighted by Crippen LogP contribution is 2.34. The minimum Gasteiger partial charge on any atom is -0.489 e. The van der Waals surface area contributed by atoms with Gasteiger partial charge < -0.3 is 4.74 Å². The van der Waals surface area contributed by atoms with E-state index in [1.807, 2.05) is 48.5 Å². The van der Waals surface area contributed by atoms with E-state index in [2.05, 4.69) is 15.9 Å². The maximum absolute atomic E-state index is 12.8. The Kier molecular flexibility index (Phi) is 6.90. The molecule has 1 saturated heterocycles. The van der Waals surface area contributed by atoms with Crippen LogP contribution in [-0.2, 0) is 17.9 Å². The summed E-state index contributed by atoms with van der Waals surface area (Å²) in [5.74, 6) is 0.251. The van der Waals surface area contributed by atoms with E-state index in [1.54, 1.807) is 6.08 Å². The van der Waals surface area contributed by atoms with Gasteiger partial charge in [0.1, 0.15) is 12.4 Å². The monoisotopic (exact) mass is 524 g/mol. The van der Waals surface area contributed by atoms with Gasteiger partial charge in [-0.1, -0.05) is 52.3 Å². The zero-order valence-electron chi connectivity index (χ0n) is 17.1. The Labute approximate surface area is 202 Å². The molecule has 1 aliphatic heterocycles. The third-order valence-electron chi connectivity index (χ3n) is 4.84. The zero-order chi connectivity index (χ0) is 23.4. The fraction of sp³-hybridized carbons (Fsp3) is 0.0833. The Morgan fingerprint density at radius 2 is 1.70 bits per heavy atom. The van der Waals surface area contributed by atoms with Crippen LogP contribution in [0.2, 0.25) is 0 Å². The first kappa shape index (κ1) is 22.8. The van der Waals surface area contributed by atoms with E-state index in [0.29, 0.717) is 22.8 Å². The molecule has 7 nitrogen and oxygen atoms in total. The van der Waals surface area contributed by atoms with Gasteiger partial charge in [-0.05, 0) is 58.8 Å². The minimum atomic E-state index is -0.497. The van der Waals surface area contributed by atoms with E-state index in [4.69, 9.17) is 4.74 Å². The normalized spacial score (nSPS) is 14.7. The van der Waals surface area contributed by atoms with Crippen molar-refractivity contribution in [2.75, 3.05) is 0 Å². The maximum Gasteiger partial charge on any atom is 0.293 e. The Balaban J connectivity index is 1.43. The topological polar surface area (TPSA) is 89.8 Å². The van der Waals surface area contributed by atoms with Gasteiger partial charge in [0, 0.05) is 16.6 Å². The molecular weight excluding hydrogens is 508 g/mol. The van der Waals surface area contributed by atoms with Crippen molar-refractivity contribution in [1.82, 2.24) is 4.90 Å². The van der Waals surface area contributed by atoms with Crippen molar-refractivity contribution in [2.45, 2.75) is 13.2 Å². The molecule has 1 heterocycles. The highest BCUT2D eigenvalue weighted by atomic mass is 79.9. The number of rotatable bonds is 7. The predicted molar refractivity (Wildman–Crippen MR) is 130 cm³/mol. The number of imide groups is 1. The molecule has 1 fully saturated rings. The molecule has 0 aliphatic carbocycles. The molecule has 0 atom stereocenters. The van der Waals surface area contributed by atoms with Crippen LogP contribution in [0.4, 0.5) is 10.5 Å². The van der Waals surface area contributed by atoms with Crippen LogP contribution >= 0.6 is 27.7 Å². The minimum absolute atomic E-state index is 0.0463. The Bertz CT molecular complexity index is 1240. The number of thioether (sulfide) groups is 1. The molecule has 1 aliphatic rings. The molecule has 4 rings (SSSR count). The molecule has 3 aromatic carbocycles. The number of hydrogen-bond acceptors (Lipinski definition) is 6. The van der Waals surface area contributed by atoms with Gasteiger partial charge in [0.2, 0.25) is 0 Å². The van der Waals surface area contributed by atoms with Crippen LogP contribution in [-0.4, -0.2) is 21.0 Å². The molecule has 0 unspecified atom stereocenters. The molecule has 0 spiro atoms. The van der Waals surface area contributed by atoms with Crippen LogP contribution in [0.1, 0.15) is 16.7 Å². The smallest absolute Gasteiger partial charge is 0.293 e. The van der Waals surface area contributed by atoms with Gasteiger partial charge in [-0.15, -0.1) is 0 Å². The molecular formula is C24H17BrN2O5S. The fourth-order valence-corrected chi connectivity index (χ4v) is 4.24. The van der Waals surface area contributed by atoms with Gasteiger partial charge in [-0.3, -0.25) is 24.6 Å².